The second kappa shape index (κ2) is 9.69. The van der Waals surface area contributed by atoms with Crippen molar-refractivity contribution < 1.29 is 31.5 Å². The molecular weight excluding hydrogens is 559 g/mol. The van der Waals surface area contributed by atoms with Gasteiger partial charge in [0.25, 0.3) is 23.3 Å². The van der Waals surface area contributed by atoms with Gasteiger partial charge in [-0.05, 0) is 55.8 Å². The van der Waals surface area contributed by atoms with E-state index in [2.05, 4.69) is 10.3 Å². The average Bonchev–Trinajstić information content (AvgIpc) is 3.55. The zero-order valence-corrected chi connectivity index (χ0v) is 21.9. The summed E-state index contributed by atoms with van der Waals surface area (Å²) < 4.78 is 69.7. The van der Waals surface area contributed by atoms with E-state index in [-0.39, 0.29) is 47.2 Å². The molecule has 1 N–H and O–H groups in total. The fourth-order valence-electron chi connectivity index (χ4n) is 4.87. The van der Waals surface area contributed by atoms with Crippen LogP contribution in [0.4, 0.5) is 22.0 Å². The minimum absolute atomic E-state index is 0.00425. The largest absolute Gasteiger partial charge is 0.417 e. The Morgan fingerprint density at radius 3 is 2.30 bits per heavy atom. The van der Waals surface area contributed by atoms with Crippen molar-refractivity contribution in [2.24, 2.45) is 0 Å². The van der Waals surface area contributed by atoms with Crippen LogP contribution < -0.4 is 10.9 Å². The predicted molar refractivity (Wildman–Crippen MR) is 135 cm³/mol. The van der Waals surface area contributed by atoms with Crippen LogP contribution in [0, 0.1) is 0 Å². The second-order valence-electron chi connectivity index (χ2n) is 9.86. The third kappa shape index (κ3) is 4.85. The summed E-state index contributed by atoms with van der Waals surface area (Å²) in [5.41, 5.74) is -1.12. The van der Waals surface area contributed by atoms with Gasteiger partial charge in [0.05, 0.1) is 34.4 Å². The maximum absolute atomic E-state index is 14.2. The van der Waals surface area contributed by atoms with Crippen LogP contribution in [0.25, 0.3) is 5.69 Å². The molecule has 1 saturated carbocycles. The minimum atomic E-state index is -4.77. The number of benzene rings is 2. The summed E-state index contributed by atoms with van der Waals surface area (Å²) in [5, 5.41) is 1.92. The Bertz CT molecular complexity index is 1590. The molecule has 2 atom stereocenters. The van der Waals surface area contributed by atoms with Gasteiger partial charge >= 0.3 is 6.18 Å². The summed E-state index contributed by atoms with van der Waals surface area (Å²) in [6.07, 6.45) is -5.29. The molecule has 210 valence electrons. The lowest BCUT2D eigenvalue weighted by atomic mass is 9.97. The molecule has 1 aliphatic heterocycles. The molecular formula is C27H22ClF5N4O3. The van der Waals surface area contributed by atoms with Crippen molar-refractivity contribution in [3.8, 4) is 5.69 Å². The van der Waals surface area contributed by atoms with Gasteiger partial charge in [-0.3, -0.25) is 19.0 Å². The molecule has 7 nitrogen and oxygen atoms in total. The molecule has 1 aliphatic carbocycles. The van der Waals surface area contributed by atoms with Gasteiger partial charge in [0.15, 0.2) is 0 Å². The molecule has 1 fully saturated rings. The van der Waals surface area contributed by atoms with Crippen LogP contribution >= 0.6 is 11.6 Å². The number of hydrogen-bond donors (Lipinski definition) is 1. The maximum Gasteiger partial charge on any atom is 0.417 e. The Balaban J connectivity index is 1.55. The normalized spacial score (nSPS) is 19.6. The van der Waals surface area contributed by atoms with Gasteiger partial charge in [-0.15, -0.1) is 0 Å². The monoisotopic (exact) mass is 580 g/mol. The molecule has 13 heteroatoms. The Morgan fingerprint density at radius 1 is 1.10 bits per heavy atom. The van der Waals surface area contributed by atoms with Gasteiger partial charge < -0.3 is 10.2 Å². The first-order valence-corrected chi connectivity index (χ1v) is 12.6. The van der Waals surface area contributed by atoms with E-state index < -0.39 is 52.5 Å². The van der Waals surface area contributed by atoms with Crippen molar-refractivity contribution in [1.82, 2.24) is 19.8 Å². The Labute approximate surface area is 229 Å². The standard InChI is InChI=1S/C27H22ClF5N4O3/c1-13-9-17-21(12-36(13)24(39)15-5-8-20(28)18(10-15)27(31,32)33)35-22(19-11-26(19,29)30)37(25(17)40)16-6-3-14(4-7-16)23(38)34-2/h3-8,10,13,19H,9,11-12H2,1-2H3,(H,34,38)/t13-,19-/m1/s1. The summed E-state index contributed by atoms with van der Waals surface area (Å²) >= 11 is 5.68. The van der Waals surface area contributed by atoms with Crippen LogP contribution in [-0.2, 0) is 19.1 Å². The van der Waals surface area contributed by atoms with Crippen molar-refractivity contribution in [2.75, 3.05) is 7.05 Å². The maximum atomic E-state index is 14.2. The molecule has 3 aromatic rings. The number of alkyl halides is 5. The van der Waals surface area contributed by atoms with Gasteiger partial charge in [-0.25, -0.2) is 13.8 Å². The Morgan fingerprint density at radius 2 is 1.73 bits per heavy atom. The highest BCUT2D eigenvalue weighted by Crippen LogP contribution is 2.55. The van der Waals surface area contributed by atoms with E-state index in [0.717, 1.165) is 10.6 Å². The van der Waals surface area contributed by atoms with E-state index in [4.69, 9.17) is 11.6 Å². The molecule has 0 spiro atoms. The summed E-state index contributed by atoms with van der Waals surface area (Å²) in [5.74, 6) is -5.70. The lowest BCUT2D eigenvalue weighted by Gasteiger charge is -2.35. The van der Waals surface area contributed by atoms with Crippen LogP contribution in [0.1, 0.15) is 62.6 Å². The fraction of sp³-hybridized carbons (Fsp3) is 0.333. The third-order valence-corrected chi connectivity index (χ3v) is 7.50. The van der Waals surface area contributed by atoms with Crippen LogP contribution in [0.3, 0.4) is 0 Å². The molecule has 0 bridgehead atoms. The van der Waals surface area contributed by atoms with E-state index in [0.29, 0.717) is 11.6 Å². The van der Waals surface area contributed by atoms with Gasteiger partial charge in [0.2, 0.25) is 0 Å². The second-order valence-corrected chi connectivity index (χ2v) is 10.3. The quantitative estimate of drug-likeness (QED) is 0.442. The molecule has 5 rings (SSSR count). The summed E-state index contributed by atoms with van der Waals surface area (Å²) in [6.45, 7) is 1.38. The number of nitrogens with zero attached hydrogens (tertiary/aromatic N) is 3. The topological polar surface area (TPSA) is 84.3 Å². The number of hydrogen-bond acceptors (Lipinski definition) is 4. The highest BCUT2D eigenvalue weighted by atomic mass is 35.5. The van der Waals surface area contributed by atoms with Gasteiger partial charge in [0, 0.05) is 36.2 Å². The number of rotatable bonds is 4. The van der Waals surface area contributed by atoms with Crippen LogP contribution in [-0.4, -0.2) is 45.3 Å². The first kappa shape index (κ1) is 27.8. The Kier molecular flexibility index (Phi) is 6.72. The number of amides is 2. The molecule has 0 saturated heterocycles. The SMILES string of the molecule is CNC(=O)c1ccc(-n2c([C@H]3CC3(F)F)nc3c(c2=O)C[C@@H](C)N(C(=O)c2ccc(Cl)c(C(F)(F)F)c2)C3)cc1. The number of carbonyl (C=O) groups is 2. The lowest BCUT2D eigenvalue weighted by Crippen LogP contribution is -2.46. The zero-order valence-electron chi connectivity index (χ0n) is 21.2. The fourth-order valence-corrected chi connectivity index (χ4v) is 5.10. The average molecular weight is 581 g/mol. The minimum Gasteiger partial charge on any atom is -0.355 e. The number of aromatic nitrogens is 2. The van der Waals surface area contributed by atoms with Gasteiger partial charge in [-0.1, -0.05) is 11.6 Å². The third-order valence-electron chi connectivity index (χ3n) is 7.17. The van der Waals surface area contributed by atoms with Crippen molar-refractivity contribution in [3.05, 3.63) is 91.6 Å². The molecule has 2 aliphatic rings. The number of halogens is 6. The molecule has 2 amide bonds. The van der Waals surface area contributed by atoms with Crippen LogP contribution in [0.15, 0.2) is 47.3 Å². The van der Waals surface area contributed by atoms with E-state index in [1.807, 2.05) is 0 Å². The van der Waals surface area contributed by atoms with E-state index in [1.54, 1.807) is 6.92 Å². The smallest absolute Gasteiger partial charge is 0.355 e. The Hall–Kier alpha value is -3.80. The van der Waals surface area contributed by atoms with Gasteiger partial charge in [-0.2, -0.15) is 13.2 Å². The van der Waals surface area contributed by atoms with E-state index in [9.17, 15) is 36.3 Å². The molecule has 2 aromatic carbocycles. The molecule has 40 heavy (non-hydrogen) atoms. The number of fused-ring (bicyclic) bond motifs is 1. The zero-order chi connectivity index (χ0) is 29.1. The number of nitrogens with one attached hydrogen (secondary N) is 1. The summed E-state index contributed by atoms with van der Waals surface area (Å²) in [7, 11) is 1.46. The molecule has 1 aromatic heterocycles. The molecule has 2 heterocycles. The highest BCUT2D eigenvalue weighted by Gasteiger charge is 2.60. The first-order chi connectivity index (χ1) is 18.7. The molecule has 0 radical (unpaired) electrons. The number of carbonyl (C=O) groups excluding carboxylic acids is 2. The predicted octanol–water partition coefficient (Wildman–Crippen LogP) is 4.97. The van der Waals surface area contributed by atoms with Crippen molar-refractivity contribution >= 4 is 23.4 Å². The van der Waals surface area contributed by atoms with Gasteiger partial charge in [0.1, 0.15) is 5.82 Å². The summed E-state index contributed by atoms with van der Waals surface area (Å²) in [4.78, 5) is 44.6. The highest BCUT2D eigenvalue weighted by molar-refractivity contribution is 6.31. The van der Waals surface area contributed by atoms with Crippen molar-refractivity contribution in [1.29, 1.82) is 0 Å². The molecule has 0 unspecified atom stereocenters. The van der Waals surface area contributed by atoms with Crippen LogP contribution in [0.5, 0.6) is 0 Å². The van der Waals surface area contributed by atoms with Crippen molar-refractivity contribution in [3.63, 3.8) is 0 Å². The summed E-state index contributed by atoms with van der Waals surface area (Å²) in [6, 6.07) is 8.05. The van der Waals surface area contributed by atoms with E-state index in [1.165, 1.54) is 42.3 Å². The lowest BCUT2D eigenvalue weighted by molar-refractivity contribution is -0.137. The van der Waals surface area contributed by atoms with Crippen LogP contribution in [0.2, 0.25) is 5.02 Å². The van der Waals surface area contributed by atoms with E-state index >= 15 is 0 Å². The van der Waals surface area contributed by atoms with Crippen molar-refractivity contribution in [2.45, 2.75) is 50.4 Å². The first-order valence-electron chi connectivity index (χ1n) is 12.3.